The molecule has 0 saturated heterocycles. The van der Waals surface area contributed by atoms with E-state index in [1.165, 1.54) is 0 Å². The second-order valence-electron chi connectivity index (χ2n) is 2.89. The van der Waals surface area contributed by atoms with Crippen LogP contribution in [0.2, 0.25) is 0 Å². The first-order valence-electron chi connectivity index (χ1n) is 3.77. The SMILES string of the molecule is C=C(C)/C=C\C(CN)C(=C)C. The van der Waals surface area contributed by atoms with E-state index in [2.05, 4.69) is 13.2 Å². The molecule has 0 aliphatic rings. The molecule has 0 aliphatic carbocycles. The molecule has 11 heavy (non-hydrogen) atoms. The number of rotatable bonds is 4. The average molecular weight is 151 g/mol. The Labute approximate surface area is 69.3 Å². The van der Waals surface area contributed by atoms with Gasteiger partial charge in [0.1, 0.15) is 0 Å². The Hall–Kier alpha value is -0.820. The molecule has 0 heterocycles. The standard InChI is InChI=1S/C10H17N/c1-8(2)5-6-10(7-11)9(3)4/h5-6,10H,1,3,7,11H2,2,4H3/b6-5-. The summed E-state index contributed by atoms with van der Waals surface area (Å²) in [5.74, 6) is 0.298. The van der Waals surface area contributed by atoms with E-state index in [9.17, 15) is 0 Å². The number of hydrogen-bond acceptors (Lipinski definition) is 1. The van der Waals surface area contributed by atoms with Crippen LogP contribution >= 0.6 is 0 Å². The van der Waals surface area contributed by atoms with Gasteiger partial charge in [-0.3, -0.25) is 0 Å². The Bertz CT molecular complexity index is 177. The van der Waals surface area contributed by atoms with Crippen LogP contribution < -0.4 is 5.73 Å². The zero-order valence-electron chi connectivity index (χ0n) is 7.43. The van der Waals surface area contributed by atoms with Gasteiger partial charge in [0.2, 0.25) is 0 Å². The van der Waals surface area contributed by atoms with Crippen LogP contribution in [-0.2, 0) is 0 Å². The molecule has 0 aliphatic heterocycles. The quantitative estimate of drug-likeness (QED) is 0.484. The van der Waals surface area contributed by atoms with Crippen molar-refractivity contribution in [2.24, 2.45) is 11.7 Å². The van der Waals surface area contributed by atoms with E-state index in [1.54, 1.807) is 0 Å². The lowest BCUT2D eigenvalue weighted by atomic mass is 10.0. The molecule has 2 N–H and O–H groups in total. The molecule has 0 spiro atoms. The number of hydrogen-bond donors (Lipinski definition) is 1. The van der Waals surface area contributed by atoms with Crippen LogP contribution in [0, 0.1) is 5.92 Å². The van der Waals surface area contributed by atoms with Gasteiger partial charge in [0.15, 0.2) is 0 Å². The summed E-state index contributed by atoms with van der Waals surface area (Å²) in [6.45, 7) is 12.2. The molecule has 0 amide bonds. The Morgan fingerprint density at radius 3 is 2.27 bits per heavy atom. The van der Waals surface area contributed by atoms with Gasteiger partial charge in [0, 0.05) is 12.5 Å². The molecule has 0 rings (SSSR count). The molecule has 0 fully saturated rings. The maximum Gasteiger partial charge on any atom is 0.00974 e. The van der Waals surface area contributed by atoms with Gasteiger partial charge in [0.25, 0.3) is 0 Å². The number of nitrogens with two attached hydrogens (primary N) is 1. The van der Waals surface area contributed by atoms with E-state index in [0.29, 0.717) is 12.5 Å². The van der Waals surface area contributed by atoms with Gasteiger partial charge in [-0.15, -0.1) is 0 Å². The van der Waals surface area contributed by atoms with Gasteiger partial charge >= 0.3 is 0 Å². The molecule has 62 valence electrons. The molecular formula is C10H17N. The highest BCUT2D eigenvalue weighted by Gasteiger charge is 2.00. The van der Waals surface area contributed by atoms with Crippen LogP contribution in [0.15, 0.2) is 36.5 Å². The maximum absolute atomic E-state index is 5.52. The van der Waals surface area contributed by atoms with E-state index in [0.717, 1.165) is 11.1 Å². The van der Waals surface area contributed by atoms with Crippen molar-refractivity contribution in [2.45, 2.75) is 13.8 Å². The summed E-state index contributed by atoms with van der Waals surface area (Å²) < 4.78 is 0. The molecule has 0 aromatic rings. The molecule has 0 aromatic carbocycles. The van der Waals surface area contributed by atoms with Crippen LogP contribution in [0.1, 0.15) is 13.8 Å². The third kappa shape index (κ3) is 4.57. The summed E-state index contributed by atoms with van der Waals surface area (Å²) in [5.41, 5.74) is 7.67. The second kappa shape index (κ2) is 4.91. The van der Waals surface area contributed by atoms with Crippen molar-refractivity contribution in [1.82, 2.24) is 0 Å². The Balaban J connectivity index is 4.08. The Morgan fingerprint density at radius 2 is 2.00 bits per heavy atom. The molecule has 0 aromatic heterocycles. The minimum atomic E-state index is 0.298. The van der Waals surface area contributed by atoms with Gasteiger partial charge in [-0.05, 0) is 13.8 Å². The van der Waals surface area contributed by atoms with E-state index in [1.807, 2.05) is 26.0 Å². The molecule has 0 bridgehead atoms. The minimum absolute atomic E-state index is 0.298. The lowest BCUT2D eigenvalue weighted by Gasteiger charge is -2.08. The predicted octanol–water partition coefficient (Wildman–Crippen LogP) is 2.27. The summed E-state index contributed by atoms with van der Waals surface area (Å²) in [5, 5.41) is 0. The first-order valence-corrected chi connectivity index (χ1v) is 3.77. The minimum Gasteiger partial charge on any atom is -0.330 e. The topological polar surface area (TPSA) is 26.0 Å². The fourth-order valence-electron chi connectivity index (χ4n) is 0.724. The fourth-order valence-corrected chi connectivity index (χ4v) is 0.724. The lowest BCUT2D eigenvalue weighted by Crippen LogP contribution is -2.12. The van der Waals surface area contributed by atoms with Crippen molar-refractivity contribution < 1.29 is 0 Å². The highest BCUT2D eigenvalue weighted by Crippen LogP contribution is 2.08. The Morgan fingerprint density at radius 1 is 1.45 bits per heavy atom. The van der Waals surface area contributed by atoms with E-state index >= 15 is 0 Å². The fraction of sp³-hybridized carbons (Fsp3) is 0.400. The second-order valence-corrected chi connectivity index (χ2v) is 2.89. The van der Waals surface area contributed by atoms with Gasteiger partial charge in [-0.1, -0.05) is 36.5 Å². The van der Waals surface area contributed by atoms with Crippen molar-refractivity contribution in [3.05, 3.63) is 36.5 Å². The average Bonchev–Trinajstić information content (AvgIpc) is 1.87. The molecule has 1 atom stereocenters. The van der Waals surface area contributed by atoms with Crippen molar-refractivity contribution in [1.29, 1.82) is 0 Å². The summed E-state index contributed by atoms with van der Waals surface area (Å²) in [6.07, 6.45) is 4.02. The maximum atomic E-state index is 5.52. The summed E-state index contributed by atoms with van der Waals surface area (Å²) in [7, 11) is 0. The normalized spacial score (nSPS) is 13.4. The van der Waals surface area contributed by atoms with E-state index in [4.69, 9.17) is 5.73 Å². The first kappa shape index (κ1) is 10.2. The van der Waals surface area contributed by atoms with Crippen molar-refractivity contribution in [3.8, 4) is 0 Å². The summed E-state index contributed by atoms with van der Waals surface area (Å²) in [6, 6.07) is 0. The van der Waals surface area contributed by atoms with Crippen LogP contribution in [0.25, 0.3) is 0 Å². The highest BCUT2D eigenvalue weighted by molar-refractivity contribution is 5.17. The molecule has 1 nitrogen and oxygen atoms in total. The van der Waals surface area contributed by atoms with Crippen molar-refractivity contribution >= 4 is 0 Å². The van der Waals surface area contributed by atoms with Crippen molar-refractivity contribution in [3.63, 3.8) is 0 Å². The van der Waals surface area contributed by atoms with Crippen molar-refractivity contribution in [2.75, 3.05) is 6.54 Å². The molecule has 1 unspecified atom stereocenters. The zero-order chi connectivity index (χ0) is 8.85. The van der Waals surface area contributed by atoms with E-state index < -0.39 is 0 Å². The number of allylic oxidation sites excluding steroid dienone is 2. The van der Waals surface area contributed by atoms with Crippen LogP contribution in [-0.4, -0.2) is 6.54 Å². The van der Waals surface area contributed by atoms with Gasteiger partial charge < -0.3 is 5.73 Å². The third-order valence-electron chi connectivity index (χ3n) is 1.50. The first-order chi connectivity index (χ1) is 5.07. The Kier molecular flexibility index (Phi) is 4.55. The van der Waals surface area contributed by atoms with Crippen LogP contribution in [0.4, 0.5) is 0 Å². The van der Waals surface area contributed by atoms with Gasteiger partial charge in [0.05, 0.1) is 0 Å². The largest absolute Gasteiger partial charge is 0.330 e. The lowest BCUT2D eigenvalue weighted by molar-refractivity contribution is 0.771. The monoisotopic (exact) mass is 151 g/mol. The molecule has 0 saturated carbocycles. The van der Waals surface area contributed by atoms with Crippen LogP contribution in [0.3, 0.4) is 0 Å². The molecule has 0 radical (unpaired) electrons. The summed E-state index contributed by atoms with van der Waals surface area (Å²) in [4.78, 5) is 0. The molecule has 1 heteroatoms. The molecular weight excluding hydrogens is 134 g/mol. The van der Waals surface area contributed by atoms with Crippen LogP contribution in [0.5, 0.6) is 0 Å². The highest BCUT2D eigenvalue weighted by atomic mass is 14.5. The van der Waals surface area contributed by atoms with Gasteiger partial charge in [-0.2, -0.15) is 0 Å². The third-order valence-corrected chi connectivity index (χ3v) is 1.50. The zero-order valence-corrected chi connectivity index (χ0v) is 7.43. The summed E-state index contributed by atoms with van der Waals surface area (Å²) >= 11 is 0. The smallest absolute Gasteiger partial charge is 0.00974 e. The van der Waals surface area contributed by atoms with E-state index in [-0.39, 0.29) is 0 Å². The van der Waals surface area contributed by atoms with Gasteiger partial charge in [-0.25, -0.2) is 0 Å². The predicted molar refractivity (Wildman–Crippen MR) is 51.3 cm³/mol.